The summed E-state index contributed by atoms with van der Waals surface area (Å²) in [6, 6.07) is 6.88. The summed E-state index contributed by atoms with van der Waals surface area (Å²) in [5.74, 6) is -1.53. The number of alkyl halides is 2. The lowest BCUT2D eigenvalue weighted by atomic mass is 10.1. The van der Waals surface area contributed by atoms with Crippen LogP contribution in [0.15, 0.2) is 30.3 Å². The summed E-state index contributed by atoms with van der Waals surface area (Å²) in [6.45, 7) is 0.560. The van der Waals surface area contributed by atoms with Gasteiger partial charge in [-0.15, -0.1) is 0 Å². The van der Waals surface area contributed by atoms with Gasteiger partial charge in [0.25, 0.3) is 11.6 Å². The van der Waals surface area contributed by atoms with Crippen LogP contribution in [0.3, 0.4) is 0 Å². The Labute approximate surface area is 147 Å². The van der Waals surface area contributed by atoms with Crippen LogP contribution in [0.2, 0.25) is 0 Å². The van der Waals surface area contributed by atoms with Gasteiger partial charge in [0.2, 0.25) is 0 Å². The number of rotatable bonds is 6. The van der Waals surface area contributed by atoms with E-state index >= 15 is 0 Å². The van der Waals surface area contributed by atoms with Gasteiger partial charge >= 0.3 is 6.61 Å². The molecule has 0 unspecified atom stereocenters. The number of hydrogen-bond acceptors (Lipinski definition) is 5. The molecule has 0 radical (unpaired) electrons. The Hall–Kier alpha value is -3.23. The average Bonchev–Trinajstić information content (AvgIpc) is 2.57. The largest absolute Gasteiger partial charge is 0.493 e. The Morgan fingerprint density at radius 2 is 1.85 bits per heavy atom. The second kappa shape index (κ2) is 7.77. The van der Waals surface area contributed by atoms with E-state index in [4.69, 9.17) is 4.74 Å². The van der Waals surface area contributed by atoms with Gasteiger partial charge in [-0.1, -0.05) is 6.07 Å². The third kappa shape index (κ3) is 4.24. The minimum Gasteiger partial charge on any atom is -0.493 e. The molecule has 0 saturated heterocycles. The smallest absolute Gasteiger partial charge is 0.387 e. The van der Waals surface area contributed by atoms with E-state index < -0.39 is 28.9 Å². The molecule has 7 nitrogen and oxygen atoms in total. The monoisotopic (exact) mass is 366 g/mol. The normalized spacial score (nSPS) is 10.5. The maximum Gasteiger partial charge on any atom is 0.387 e. The number of benzene rings is 2. The van der Waals surface area contributed by atoms with Crippen molar-refractivity contribution in [2.24, 2.45) is 0 Å². The molecule has 0 spiro atoms. The van der Waals surface area contributed by atoms with Crippen molar-refractivity contribution in [1.29, 1.82) is 0 Å². The Balaban J connectivity index is 2.44. The van der Waals surface area contributed by atoms with Crippen LogP contribution in [0, 0.1) is 24.0 Å². The van der Waals surface area contributed by atoms with Gasteiger partial charge in [-0.2, -0.15) is 8.78 Å². The highest BCUT2D eigenvalue weighted by Crippen LogP contribution is 2.36. The van der Waals surface area contributed by atoms with E-state index in [0.29, 0.717) is 5.69 Å². The van der Waals surface area contributed by atoms with Crippen molar-refractivity contribution < 1.29 is 28.0 Å². The highest BCUT2D eigenvalue weighted by Gasteiger charge is 2.26. The highest BCUT2D eigenvalue weighted by atomic mass is 19.3. The van der Waals surface area contributed by atoms with E-state index in [1.807, 2.05) is 13.8 Å². The summed E-state index contributed by atoms with van der Waals surface area (Å²) in [5, 5.41) is 13.8. The standard InChI is InChI=1S/C17H16F2N2O5/c1-9-4-5-11(6-10(9)2)20-16(22)12-7-14(25-3)15(26-17(18)19)8-13(12)21(23)24/h4-8,17H,1-3H3,(H,20,22). The van der Waals surface area contributed by atoms with Crippen LogP contribution < -0.4 is 14.8 Å². The fraction of sp³-hybridized carbons (Fsp3) is 0.235. The maximum atomic E-state index is 12.5. The number of carbonyl (C=O) groups excluding carboxylic acids is 1. The summed E-state index contributed by atoms with van der Waals surface area (Å²) in [6.07, 6.45) is 0. The molecule has 0 aliphatic rings. The summed E-state index contributed by atoms with van der Waals surface area (Å²) in [4.78, 5) is 22.9. The van der Waals surface area contributed by atoms with Crippen molar-refractivity contribution in [3.05, 3.63) is 57.1 Å². The van der Waals surface area contributed by atoms with Crippen LogP contribution in [0.25, 0.3) is 0 Å². The van der Waals surface area contributed by atoms with Gasteiger partial charge in [0, 0.05) is 11.8 Å². The lowest BCUT2D eigenvalue weighted by molar-refractivity contribution is -0.385. The number of nitro benzene ring substituents is 1. The summed E-state index contributed by atoms with van der Waals surface area (Å²) in [5.41, 5.74) is 1.37. The molecule has 2 rings (SSSR count). The van der Waals surface area contributed by atoms with Crippen molar-refractivity contribution in [1.82, 2.24) is 0 Å². The molecule has 9 heteroatoms. The SMILES string of the molecule is COc1cc(C(=O)Nc2ccc(C)c(C)c2)c([N+](=O)[O-])cc1OC(F)F. The second-order valence-corrected chi connectivity index (χ2v) is 5.41. The second-order valence-electron chi connectivity index (χ2n) is 5.41. The van der Waals surface area contributed by atoms with Crippen molar-refractivity contribution >= 4 is 17.3 Å². The zero-order chi connectivity index (χ0) is 19.4. The van der Waals surface area contributed by atoms with Crippen LogP contribution >= 0.6 is 0 Å². The Kier molecular flexibility index (Phi) is 5.71. The molecule has 2 aromatic rings. The van der Waals surface area contributed by atoms with Crippen molar-refractivity contribution in [2.75, 3.05) is 12.4 Å². The molecule has 26 heavy (non-hydrogen) atoms. The molecule has 1 N–H and O–H groups in total. The fourth-order valence-electron chi connectivity index (χ4n) is 2.25. The van der Waals surface area contributed by atoms with E-state index in [2.05, 4.69) is 10.1 Å². The molecule has 0 atom stereocenters. The third-order valence-electron chi connectivity index (χ3n) is 3.70. The zero-order valence-corrected chi connectivity index (χ0v) is 14.2. The first-order chi connectivity index (χ1) is 12.2. The van der Waals surface area contributed by atoms with E-state index in [1.54, 1.807) is 18.2 Å². The predicted octanol–water partition coefficient (Wildman–Crippen LogP) is 4.07. The first kappa shape index (κ1) is 19.1. The number of ether oxygens (including phenoxy) is 2. The van der Waals surface area contributed by atoms with E-state index in [9.17, 15) is 23.7 Å². The summed E-state index contributed by atoms with van der Waals surface area (Å²) < 4.78 is 34.0. The number of methoxy groups -OCH3 is 1. The van der Waals surface area contributed by atoms with Gasteiger partial charge in [-0.3, -0.25) is 14.9 Å². The van der Waals surface area contributed by atoms with Crippen LogP contribution in [0.5, 0.6) is 11.5 Å². The van der Waals surface area contributed by atoms with Crippen LogP contribution in [0.4, 0.5) is 20.2 Å². The molecule has 138 valence electrons. The van der Waals surface area contributed by atoms with E-state index in [0.717, 1.165) is 23.3 Å². The molecule has 0 aromatic heterocycles. The molecular weight excluding hydrogens is 350 g/mol. The topological polar surface area (TPSA) is 90.7 Å². The third-order valence-corrected chi connectivity index (χ3v) is 3.70. The number of nitrogens with one attached hydrogen (secondary N) is 1. The van der Waals surface area contributed by atoms with Crippen molar-refractivity contribution in [2.45, 2.75) is 20.5 Å². The predicted molar refractivity (Wildman–Crippen MR) is 90.1 cm³/mol. The number of nitrogens with zero attached hydrogens (tertiary/aromatic N) is 1. The van der Waals surface area contributed by atoms with Gasteiger partial charge in [0.1, 0.15) is 5.56 Å². The number of halogens is 2. The first-order valence-electron chi connectivity index (χ1n) is 7.42. The first-order valence-corrected chi connectivity index (χ1v) is 7.42. The molecular formula is C17H16F2N2O5. The number of carbonyl (C=O) groups is 1. The number of hydrogen-bond donors (Lipinski definition) is 1. The van der Waals surface area contributed by atoms with Gasteiger partial charge in [-0.05, 0) is 37.1 Å². The van der Waals surface area contributed by atoms with Crippen molar-refractivity contribution in [3.8, 4) is 11.5 Å². The zero-order valence-electron chi connectivity index (χ0n) is 14.2. The Morgan fingerprint density at radius 3 is 2.38 bits per heavy atom. The number of amides is 1. The molecule has 0 bridgehead atoms. The number of aryl methyl sites for hydroxylation is 2. The number of nitro groups is 1. The molecule has 0 aliphatic carbocycles. The number of anilines is 1. The highest BCUT2D eigenvalue weighted by molar-refractivity contribution is 6.07. The molecule has 0 saturated carbocycles. The minimum absolute atomic E-state index is 0.221. The Bertz CT molecular complexity index is 855. The van der Waals surface area contributed by atoms with E-state index in [-0.39, 0.29) is 11.3 Å². The minimum atomic E-state index is -3.20. The molecule has 0 fully saturated rings. The van der Waals surface area contributed by atoms with Crippen LogP contribution in [-0.4, -0.2) is 24.6 Å². The van der Waals surface area contributed by atoms with Gasteiger partial charge in [-0.25, -0.2) is 0 Å². The molecule has 1 amide bonds. The lowest BCUT2D eigenvalue weighted by Crippen LogP contribution is -2.15. The quantitative estimate of drug-likeness (QED) is 0.615. The van der Waals surface area contributed by atoms with Crippen LogP contribution in [-0.2, 0) is 0 Å². The van der Waals surface area contributed by atoms with Gasteiger partial charge in [0.15, 0.2) is 11.5 Å². The molecule has 2 aromatic carbocycles. The van der Waals surface area contributed by atoms with Crippen LogP contribution in [0.1, 0.15) is 21.5 Å². The summed E-state index contributed by atoms with van der Waals surface area (Å²) >= 11 is 0. The fourth-order valence-corrected chi connectivity index (χ4v) is 2.25. The maximum absolute atomic E-state index is 12.5. The van der Waals surface area contributed by atoms with Gasteiger partial charge in [0.05, 0.1) is 18.1 Å². The average molecular weight is 366 g/mol. The van der Waals surface area contributed by atoms with Crippen molar-refractivity contribution in [3.63, 3.8) is 0 Å². The summed E-state index contributed by atoms with van der Waals surface area (Å²) in [7, 11) is 1.17. The lowest BCUT2D eigenvalue weighted by Gasteiger charge is -2.12. The molecule has 0 heterocycles. The Morgan fingerprint density at radius 1 is 1.15 bits per heavy atom. The van der Waals surface area contributed by atoms with E-state index in [1.165, 1.54) is 7.11 Å². The van der Waals surface area contributed by atoms with Gasteiger partial charge < -0.3 is 14.8 Å². The molecule has 0 aliphatic heterocycles.